The minimum Gasteiger partial charge on any atom is -0.508 e. The molecule has 2 rings (SSSR count). The molecule has 0 bridgehead atoms. The van der Waals surface area contributed by atoms with Gasteiger partial charge in [0.05, 0.1) is 18.9 Å². The summed E-state index contributed by atoms with van der Waals surface area (Å²) in [5.74, 6) is -3.10. The number of H-pyrrole nitrogens is 1. The van der Waals surface area contributed by atoms with Crippen LogP contribution >= 0.6 is 0 Å². The van der Waals surface area contributed by atoms with Gasteiger partial charge in [-0.15, -0.1) is 0 Å². The van der Waals surface area contributed by atoms with Crippen LogP contribution in [0.5, 0.6) is 5.75 Å². The van der Waals surface area contributed by atoms with Crippen molar-refractivity contribution < 1.29 is 29.4 Å². The van der Waals surface area contributed by atoms with E-state index in [1.165, 1.54) is 31.6 Å². The van der Waals surface area contributed by atoms with Gasteiger partial charge in [0.25, 0.3) is 0 Å². The first kappa shape index (κ1) is 24.3. The zero-order chi connectivity index (χ0) is 23.7. The molecule has 0 fully saturated rings. The number of nitrogens with one attached hydrogen (secondary N) is 4. The minimum atomic E-state index is -1.25. The van der Waals surface area contributed by atoms with Crippen molar-refractivity contribution in [1.82, 2.24) is 25.9 Å². The smallest absolute Gasteiger partial charge is 0.326 e. The quantitative estimate of drug-likeness (QED) is 0.214. The molecule has 8 N–H and O–H groups in total. The SMILES string of the molecule is CC(NC(=O)C(N)Cc1cnc[nH]1)C(=O)NCC(=O)NC(Cc1ccc(O)cc1)C(=O)O. The van der Waals surface area contributed by atoms with Gasteiger partial charge >= 0.3 is 5.97 Å². The van der Waals surface area contributed by atoms with Crippen LogP contribution in [0.2, 0.25) is 0 Å². The number of hydrogen-bond acceptors (Lipinski definition) is 7. The van der Waals surface area contributed by atoms with E-state index in [2.05, 4.69) is 25.9 Å². The van der Waals surface area contributed by atoms with Crippen LogP contribution in [0.25, 0.3) is 0 Å². The van der Waals surface area contributed by atoms with E-state index >= 15 is 0 Å². The highest BCUT2D eigenvalue weighted by atomic mass is 16.4. The fraction of sp³-hybridized carbons (Fsp3) is 0.350. The zero-order valence-electron chi connectivity index (χ0n) is 17.4. The molecular formula is C20H26N6O6. The molecule has 1 heterocycles. The summed E-state index contributed by atoms with van der Waals surface area (Å²) >= 11 is 0. The number of amides is 3. The maximum Gasteiger partial charge on any atom is 0.326 e. The number of aromatic amines is 1. The molecule has 0 aliphatic heterocycles. The second-order valence-electron chi connectivity index (χ2n) is 7.16. The van der Waals surface area contributed by atoms with Gasteiger partial charge in [-0.3, -0.25) is 14.4 Å². The maximum atomic E-state index is 12.2. The minimum absolute atomic E-state index is 0.00399. The van der Waals surface area contributed by atoms with Crippen molar-refractivity contribution in [1.29, 1.82) is 0 Å². The van der Waals surface area contributed by atoms with Gasteiger partial charge in [-0.2, -0.15) is 0 Å². The Kier molecular flexibility index (Phi) is 8.72. The molecule has 2 aromatic rings. The number of aliphatic carboxylic acids is 1. The third-order valence-corrected chi connectivity index (χ3v) is 4.52. The molecule has 0 aliphatic carbocycles. The van der Waals surface area contributed by atoms with Crippen molar-refractivity contribution in [3.05, 3.63) is 48.0 Å². The summed E-state index contributed by atoms with van der Waals surface area (Å²) in [6.07, 6.45) is 3.20. The molecule has 0 spiro atoms. The Bertz CT molecular complexity index is 931. The fourth-order valence-corrected chi connectivity index (χ4v) is 2.75. The lowest BCUT2D eigenvalue weighted by molar-refractivity contribution is -0.141. The first-order chi connectivity index (χ1) is 15.2. The van der Waals surface area contributed by atoms with E-state index in [1.807, 2.05) is 0 Å². The molecule has 1 aromatic heterocycles. The van der Waals surface area contributed by atoms with Crippen molar-refractivity contribution in [3.8, 4) is 5.75 Å². The molecule has 3 unspecified atom stereocenters. The first-order valence-corrected chi connectivity index (χ1v) is 9.76. The van der Waals surface area contributed by atoms with Crippen LogP contribution in [0, 0.1) is 0 Å². The Labute approximate surface area is 183 Å². The normalized spacial score (nSPS) is 13.4. The highest BCUT2D eigenvalue weighted by molar-refractivity contribution is 5.92. The van der Waals surface area contributed by atoms with Crippen molar-refractivity contribution in [2.24, 2.45) is 5.73 Å². The van der Waals surface area contributed by atoms with Crippen LogP contribution in [0.1, 0.15) is 18.2 Å². The molecular weight excluding hydrogens is 420 g/mol. The van der Waals surface area contributed by atoms with Gasteiger partial charge in [0.2, 0.25) is 17.7 Å². The number of benzene rings is 1. The predicted octanol–water partition coefficient (Wildman–Crippen LogP) is -1.58. The number of rotatable bonds is 11. The maximum absolute atomic E-state index is 12.2. The van der Waals surface area contributed by atoms with Gasteiger partial charge in [0.1, 0.15) is 17.8 Å². The number of carboxylic acid groups (broad SMARTS) is 1. The van der Waals surface area contributed by atoms with Crippen LogP contribution in [0.3, 0.4) is 0 Å². The predicted molar refractivity (Wildman–Crippen MR) is 112 cm³/mol. The number of aromatic nitrogens is 2. The number of carbonyl (C=O) groups excluding carboxylic acids is 3. The lowest BCUT2D eigenvalue weighted by atomic mass is 10.1. The average Bonchev–Trinajstić information content (AvgIpc) is 3.25. The summed E-state index contributed by atoms with van der Waals surface area (Å²) < 4.78 is 0. The zero-order valence-corrected chi connectivity index (χ0v) is 17.4. The molecule has 0 aliphatic rings. The molecule has 1 aromatic carbocycles. The van der Waals surface area contributed by atoms with Gasteiger partial charge in [0, 0.05) is 24.7 Å². The van der Waals surface area contributed by atoms with E-state index in [1.54, 1.807) is 12.1 Å². The number of phenolic OH excluding ortho intramolecular Hbond substituents is 1. The third kappa shape index (κ3) is 7.72. The summed E-state index contributed by atoms with van der Waals surface area (Å²) in [6, 6.07) is 2.82. The Morgan fingerprint density at radius 1 is 1.09 bits per heavy atom. The van der Waals surface area contributed by atoms with E-state index in [0.29, 0.717) is 11.3 Å². The summed E-state index contributed by atoms with van der Waals surface area (Å²) in [4.78, 5) is 54.5. The second-order valence-corrected chi connectivity index (χ2v) is 7.16. The van der Waals surface area contributed by atoms with Crippen molar-refractivity contribution in [2.75, 3.05) is 6.54 Å². The largest absolute Gasteiger partial charge is 0.508 e. The molecule has 0 saturated heterocycles. The first-order valence-electron chi connectivity index (χ1n) is 9.76. The lowest BCUT2D eigenvalue weighted by Gasteiger charge is -2.18. The molecule has 0 radical (unpaired) electrons. The number of phenols is 1. The van der Waals surface area contributed by atoms with E-state index in [-0.39, 0.29) is 18.6 Å². The number of hydrogen-bond donors (Lipinski definition) is 7. The van der Waals surface area contributed by atoms with Crippen LogP contribution in [-0.2, 0) is 32.0 Å². The van der Waals surface area contributed by atoms with Crippen LogP contribution in [0.4, 0.5) is 0 Å². The number of nitrogens with two attached hydrogens (primary N) is 1. The highest BCUT2D eigenvalue weighted by Crippen LogP contribution is 2.11. The van der Waals surface area contributed by atoms with E-state index in [9.17, 15) is 29.4 Å². The fourth-order valence-electron chi connectivity index (χ4n) is 2.75. The standard InChI is InChI=1S/C20H26N6O6/c1-11(25-19(30)15(21)7-13-8-22-10-24-13)18(29)23-9-17(28)26-16(20(31)32)6-12-2-4-14(27)5-3-12/h2-5,8,10-11,15-16,27H,6-7,9,21H2,1H3,(H,22,24)(H,23,29)(H,25,30)(H,26,28)(H,31,32). The Morgan fingerprint density at radius 3 is 2.38 bits per heavy atom. The van der Waals surface area contributed by atoms with Crippen molar-refractivity contribution in [3.63, 3.8) is 0 Å². The van der Waals surface area contributed by atoms with E-state index in [4.69, 9.17) is 5.73 Å². The Balaban J connectivity index is 1.78. The molecule has 3 amide bonds. The van der Waals surface area contributed by atoms with Gasteiger partial charge in [-0.05, 0) is 24.6 Å². The van der Waals surface area contributed by atoms with E-state index in [0.717, 1.165) is 0 Å². The summed E-state index contributed by atoms with van der Waals surface area (Å²) in [5.41, 5.74) is 7.08. The summed E-state index contributed by atoms with van der Waals surface area (Å²) in [5, 5.41) is 25.7. The number of imidazole rings is 1. The molecule has 12 heteroatoms. The van der Waals surface area contributed by atoms with Crippen LogP contribution in [-0.4, -0.2) is 68.5 Å². The number of nitrogens with zero attached hydrogens (tertiary/aromatic N) is 1. The Hall–Kier alpha value is -3.93. The van der Waals surface area contributed by atoms with Crippen molar-refractivity contribution in [2.45, 2.75) is 37.9 Å². The number of aromatic hydroxyl groups is 1. The topological polar surface area (TPSA) is 200 Å². The molecule has 32 heavy (non-hydrogen) atoms. The van der Waals surface area contributed by atoms with E-state index < -0.39 is 48.4 Å². The second kappa shape index (κ2) is 11.5. The van der Waals surface area contributed by atoms with Crippen LogP contribution in [0.15, 0.2) is 36.8 Å². The highest BCUT2D eigenvalue weighted by Gasteiger charge is 2.23. The Morgan fingerprint density at radius 2 is 1.78 bits per heavy atom. The lowest BCUT2D eigenvalue weighted by Crippen LogP contribution is -2.52. The molecule has 172 valence electrons. The van der Waals surface area contributed by atoms with Gasteiger partial charge in [0.15, 0.2) is 0 Å². The monoisotopic (exact) mass is 446 g/mol. The van der Waals surface area contributed by atoms with Crippen molar-refractivity contribution >= 4 is 23.7 Å². The van der Waals surface area contributed by atoms with Gasteiger partial charge in [-0.25, -0.2) is 9.78 Å². The average molecular weight is 446 g/mol. The molecule has 12 nitrogen and oxygen atoms in total. The van der Waals surface area contributed by atoms with Crippen LogP contribution < -0.4 is 21.7 Å². The number of carbonyl (C=O) groups is 4. The van der Waals surface area contributed by atoms with Gasteiger partial charge in [-0.1, -0.05) is 12.1 Å². The molecule has 0 saturated carbocycles. The number of carboxylic acids is 1. The summed E-state index contributed by atoms with van der Waals surface area (Å²) in [7, 11) is 0. The van der Waals surface area contributed by atoms with Gasteiger partial charge < -0.3 is 36.9 Å². The third-order valence-electron chi connectivity index (χ3n) is 4.52. The molecule has 3 atom stereocenters. The summed E-state index contributed by atoms with van der Waals surface area (Å²) in [6.45, 7) is 0.956.